The van der Waals surface area contributed by atoms with Crippen LogP contribution in [0.15, 0.2) is 11.6 Å². The van der Waals surface area contributed by atoms with Crippen molar-refractivity contribution in [2.75, 3.05) is 20.8 Å². The van der Waals surface area contributed by atoms with E-state index in [-0.39, 0.29) is 29.6 Å². The van der Waals surface area contributed by atoms with Crippen LogP contribution in [0.25, 0.3) is 0 Å². The number of nitrogens with one attached hydrogen (secondary N) is 1. The van der Waals surface area contributed by atoms with Crippen LogP contribution in [0.4, 0.5) is 4.79 Å². The summed E-state index contributed by atoms with van der Waals surface area (Å²) in [5, 5.41) is 2.81. The van der Waals surface area contributed by atoms with E-state index in [1.807, 2.05) is 0 Å². The lowest BCUT2D eigenvalue weighted by Gasteiger charge is -2.42. The molecule has 8 nitrogen and oxygen atoms in total. The molecule has 1 spiro atoms. The number of allylic oxidation sites excluding steroid dienone is 1. The lowest BCUT2D eigenvalue weighted by Crippen LogP contribution is -2.57. The second-order valence-electron chi connectivity index (χ2n) is 10.9. The molecule has 0 bridgehead atoms. The lowest BCUT2D eigenvalue weighted by atomic mass is 9.68. The van der Waals surface area contributed by atoms with E-state index in [1.165, 1.54) is 12.7 Å². The minimum atomic E-state index is -0.686. The molecule has 1 N–H and O–H groups in total. The zero-order chi connectivity index (χ0) is 24.5. The van der Waals surface area contributed by atoms with Crippen molar-refractivity contribution in [1.82, 2.24) is 5.32 Å². The Kier molecular flexibility index (Phi) is 7.60. The van der Waals surface area contributed by atoms with E-state index >= 15 is 0 Å². The summed E-state index contributed by atoms with van der Waals surface area (Å²) in [6.45, 7) is 6.97. The summed E-state index contributed by atoms with van der Waals surface area (Å²) in [7, 11) is 3.01. The number of hydrogen-bond donors (Lipinski definition) is 1. The molecule has 4 aliphatic rings. The third kappa shape index (κ3) is 5.14. The van der Waals surface area contributed by atoms with Gasteiger partial charge in [0, 0.05) is 7.11 Å². The van der Waals surface area contributed by atoms with Crippen LogP contribution in [0, 0.1) is 11.8 Å². The molecule has 2 saturated carbocycles. The molecular formula is C26H41NO7. The van der Waals surface area contributed by atoms with Crippen LogP contribution in [-0.4, -0.2) is 68.4 Å². The van der Waals surface area contributed by atoms with Crippen LogP contribution in [0.5, 0.6) is 0 Å². The van der Waals surface area contributed by atoms with Gasteiger partial charge in [-0.15, -0.1) is 0 Å². The Balaban J connectivity index is 1.44. The average molecular weight is 480 g/mol. The van der Waals surface area contributed by atoms with Crippen LogP contribution >= 0.6 is 0 Å². The predicted molar refractivity (Wildman–Crippen MR) is 125 cm³/mol. The molecule has 4 rings (SSSR count). The molecule has 2 aliphatic heterocycles. The minimum absolute atomic E-state index is 0.0399. The highest BCUT2D eigenvalue weighted by Gasteiger charge is 2.72. The molecule has 1 amide bonds. The van der Waals surface area contributed by atoms with Crippen molar-refractivity contribution in [2.24, 2.45) is 11.8 Å². The van der Waals surface area contributed by atoms with Gasteiger partial charge < -0.3 is 29.0 Å². The number of esters is 1. The SMILES string of the molecule is COC(=O)C(NC(=O)OC1CCC2(CO2)C(C2(C)OC2CC=C(C)C)C1OC)C1CCCCC1. The lowest BCUT2D eigenvalue weighted by molar-refractivity contribution is -0.145. The van der Waals surface area contributed by atoms with Gasteiger partial charge in [-0.2, -0.15) is 0 Å². The van der Waals surface area contributed by atoms with E-state index in [9.17, 15) is 9.59 Å². The van der Waals surface area contributed by atoms with Crippen molar-refractivity contribution in [3.05, 3.63) is 11.6 Å². The molecule has 34 heavy (non-hydrogen) atoms. The third-order valence-electron chi connectivity index (χ3n) is 8.35. The van der Waals surface area contributed by atoms with Crippen LogP contribution in [0.1, 0.15) is 72.1 Å². The molecule has 0 aromatic heterocycles. The monoisotopic (exact) mass is 479 g/mol. The van der Waals surface area contributed by atoms with Crippen molar-refractivity contribution in [3.8, 4) is 0 Å². The number of ether oxygens (including phenoxy) is 5. The Morgan fingerprint density at radius 2 is 1.85 bits per heavy atom. The van der Waals surface area contributed by atoms with Crippen LogP contribution in [0.2, 0.25) is 0 Å². The number of hydrogen-bond acceptors (Lipinski definition) is 7. The third-order valence-corrected chi connectivity index (χ3v) is 8.35. The highest BCUT2D eigenvalue weighted by molar-refractivity contribution is 5.81. The van der Waals surface area contributed by atoms with Gasteiger partial charge in [-0.1, -0.05) is 30.9 Å². The summed E-state index contributed by atoms with van der Waals surface area (Å²) in [6, 6.07) is -0.686. The second kappa shape index (κ2) is 10.2. The number of amides is 1. The molecule has 0 aromatic carbocycles. The molecule has 4 fully saturated rings. The molecular weight excluding hydrogens is 438 g/mol. The summed E-state index contributed by atoms with van der Waals surface area (Å²) in [5.74, 6) is -0.384. The van der Waals surface area contributed by atoms with E-state index in [0.29, 0.717) is 13.0 Å². The van der Waals surface area contributed by atoms with Crippen molar-refractivity contribution in [3.63, 3.8) is 0 Å². The number of epoxide rings is 2. The summed E-state index contributed by atoms with van der Waals surface area (Å²) in [4.78, 5) is 25.4. The first kappa shape index (κ1) is 25.5. The van der Waals surface area contributed by atoms with Crippen LogP contribution in [-0.2, 0) is 28.5 Å². The number of rotatable bonds is 8. The quantitative estimate of drug-likeness (QED) is 0.320. The van der Waals surface area contributed by atoms with Crippen LogP contribution < -0.4 is 5.32 Å². The first-order valence-electron chi connectivity index (χ1n) is 12.8. The number of methoxy groups -OCH3 is 2. The first-order chi connectivity index (χ1) is 16.2. The van der Waals surface area contributed by atoms with Crippen molar-refractivity contribution in [2.45, 2.75) is 108 Å². The van der Waals surface area contributed by atoms with E-state index in [1.54, 1.807) is 7.11 Å². The Morgan fingerprint density at radius 1 is 1.15 bits per heavy atom. The summed E-state index contributed by atoms with van der Waals surface area (Å²) >= 11 is 0. The topological polar surface area (TPSA) is 98.9 Å². The zero-order valence-corrected chi connectivity index (χ0v) is 21.3. The number of carbonyl (C=O) groups excluding carboxylic acids is 2. The fourth-order valence-corrected chi connectivity index (χ4v) is 6.33. The fourth-order valence-electron chi connectivity index (χ4n) is 6.33. The average Bonchev–Trinajstić information content (AvgIpc) is 3.74. The van der Waals surface area contributed by atoms with Gasteiger partial charge >= 0.3 is 12.1 Å². The maximum atomic E-state index is 13.0. The van der Waals surface area contributed by atoms with E-state index < -0.39 is 29.8 Å². The molecule has 0 radical (unpaired) electrons. The molecule has 7 unspecified atom stereocenters. The molecule has 2 heterocycles. The van der Waals surface area contributed by atoms with Gasteiger partial charge in [0.15, 0.2) is 0 Å². The summed E-state index contributed by atoms with van der Waals surface area (Å²) < 4.78 is 29.0. The van der Waals surface area contributed by atoms with Gasteiger partial charge in [0.1, 0.15) is 29.5 Å². The van der Waals surface area contributed by atoms with Gasteiger partial charge in [-0.3, -0.25) is 0 Å². The Hall–Kier alpha value is -1.64. The molecule has 8 heteroatoms. The summed E-state index contributed by atoms with van der Waals surface area (Å²) in [5.41, 5.74) is 0.596. The van der Waals surface area contributed by atoms with Gasteiger partial charge in [0.2, 0.25) is 0 Å². The van der Waals surface area contributed by atoms with E-state index in [0.717, 1.165) is 44.9 Å². The first-order valence-corrected chi connectivity index (χ1v) is 12.8. The van der Waals surface area contributed by atoms with Gasteiger partial charge in [0.05, 0.1) is 25.7 Å². The van der Waals surface area contributed by atoms with E-state index in [4.69, 9.17) is 23.7 Å². The van der Waals surface area contributed by atoms with Gasteiger partial charge in [-0.05, 0) is 58.8 Å². The van der Waals surface area contributed by atoms with Gasteiger partial charge in [0.25, 0.3) is 0 Å². The molecule has 192 valence electrons. The Labute approximate surface area is 203 Å². The van der Waals surface area contributed by atoms with Crippen molar-refractivity contribution < 1.29 is 33.3 Å². The van der Waals surface area contributed by atoms with Crippen LogP contribution in [0.3, 0.4) is 0 Å². The van der Waals surface area contributed by atoms with Crippen molar-refractivity contribution in [1.29, 1.82) is 0 Å². The van der Waals surface area contributed by atoms with Crippen molar-refractivity contribution >= 4 is 12.1 Å². The normalized spacial score (nSPS) is 38.0. The minimum Gasteiger partial charge on any atom is -0.467 e. The Morgan fingerprint density at radius 3 is 2.44 bits per heavy atom. The number of alkyl carbamates (subject to hydrolysis) is 1. The molecule has 7 atom stereocenters. The highest BCUT2D eigenvalue weighted by Crippen LogP contribution is 2.59. The maximum absolute atomic E-state index is 13.0. The standard InChI is InChI=1S/C26H41NO7/c1-16(2)11-12-19-25(3,34-19)22-21(30-4)18(13-14-26(22)15-32-26)33-24(29)27-20(23(28)31-5)17-9-7-6-8-10-17/h11,17-22H,6-10,12-15H2,1-5H3,(H,27,29). The van der Waals surface area contributed by atoms with Gasteiger partial charge in [-0.25, -0.2) is 9.59 Å². The summed E-state index contributed by atoms with van der Waals surface area (Å²) in [6.07, 6.45) is 8.23. The smallest absolute Gasteiger partial charge is 0.408 e. The molecule has 2 aliphatic carbocycles. The predicted octanol–water partition coefficient (Wildman–Crippen LogP) is 3.91. The maximum Gasteiger partial charge on any atom is 0.408 e. The number of carbonyl (C=O) groups is 2. The zero-order valence-electron chi connectivity index (χ0n) is 21.3. The second-order valence-corrected chi connectivity index (χ2v) is 10.9. The highest BCUT2D eigenvalue weighted by atomic mass is 16.6. The Bertz CT molecular complexity index is 784. The largest absolute Gasteiger partial charge is 0.467 e. The molecule has 2 saturated heterocycles. The molecule has 0 aromatic rings. The fraction of sp³-hybridized carbons (Fsp3) is 0.846. The van der Waals surface area contributed by atoms with E-state index in [2.05, 4.69) is 32.2 Å².